The number of aliphatic carboxylic acids is 1. The summed E-state index contributed by atoms with van der Waals surface area (Å²) in [5.41, 5.74) is 3.48. The van der Waals surface area contributed by atoms with Crippen LogP contribution in [0.4, 0.5) is 0 Å². The van der Waals surface area contributed by atoms with Crippen molar-refractivity contribution in [2.45, 2.75) is 58.1 Å². The van der Waals surface area contributed by atoms with Gasteiger partial charge in [0.2, 0.25) is 0 Å². The van der Waals surface area contributed by atoms with Gasteiger partial charge in [0.25, 0.3) is 0 Å². The zero-order chi connectivity index (χ0) is 20.4. The molecule has 0 radical (unpaired) electrons. The quantitative estimate of drug-likeness (QED) is 0.745. The molecule has 0 amide bonds. The predicted octanol–water partition coefficient (Wildman–Crippen LogP) is 4.63. The summed E-state index contributed by atoms with van der Waals surface area (Å²) in [7, 11) is 0. The van der Waals surface area contributed by atoms with Crippen molar-refractivity contribution in [3.05, 3.63) is 41.6 Å². The summed E-state index contributed by atoms with van der Waals surface area (Å²) >= 11 is 0. The minimum absolute atomic E-state index is 0.0488. The summed E-state index contributed by atoms with van der Waals surface area (Å²) in [4.78, 5) is 24.5. The molecule has 4 rings (SSSR count). The number of nitrogens with zero attached hydrogens (tertiary/aromatic N) is 2. The largest absolute Gasteiger partial charge is 0.481 e. The first kappa shape index (κ1) is 19.8. The molecule has 1 aromatic heterocycles. The van der Waals surface area contributed by atoms with E-state index in [-0.39, 0.29) is 12.0 Å². The molecule has 1 N–H and O–H groups in total. The molecule has 1 aromatic carbocycles. The Kier molecular flexibility index (Phi) is 5.81. The molecule has 2 aromatic rings. The lowest BCUT2D eigenvalue weighted by Crippen LogP contribution is -2.32. The Morgan fingerprint density at radius 1 is 1.03 bits per heavy atom. The summed E-state index contributed by atoms with van der Waals surface area (Å²) in [6.07, 6.45) is 6.15. The lowest BCUT2D eigenvalue weighted by molar-refractivity contribution is -0.144. The van der Waals surface area contributed by atoms with Crippen molar-refractivity contribution in [1.29, 1.82) is 0 Å². The average Bonchev–Trinajstić information content (AvgIpc) is 3.15. The second-order valence-corrected chi connectivity index (χ2v) is 8.21. The summed E-state index contributed by atoms with van der Waals surface area (Å²) in [5, 5.41) is 14.1. The van der Waals surface area contributed by atoms with E-state index < -0.39 is 17.8 Å². The van der Waals surface area contributed by atoms with Crippen LogP contribution in [0.1, 0.15) is 67.2 Å². The highest BCUT2D eigenvalue weighted by Gasteiger charge is 2.36. The van der Waals surface area contributed by atoms with Crippen LogP contribution >= 0.6 is 0 Å². The summed E-state index contributed by atoms with van der Waals surface area (Å²) in [6.45, 7) is 2.72. The van der Waals surface area contributed by atoms with Gasteiger partial charge in [-0.15, -0.1) is 0 Å². The number of carboxylic acids is 1. The number of hydrogen-bond acceptors (Lipinski definition) is 4. The van der Waals surface area contributed by atoms with Crippen LogP contribution in [0.15, 0.2) is 30.3 Å². The topological polar surface area (TPSA) is 81.4 Å². The van der Waals surface area contributed by atoms with Gasteiger partial charge in [-0.2, -0.15) is 5.10 Å². The minimum atomic E-state index is -0.855. The van der Waals surface area contributed by atoms with Crippen molar-refractivity contribution in [2.24, 2.45) is 11.8 Å². The second kappa shape index (κ2) is 8.49. The molecule has 154 valence electrons. The maximum absolute atomic E-state index is 13.0. The molecule has 6 nitrogen and oxygen atoms in total. The number of ketones is 1. The number of rotatable bonds is 5. The number of aromatic nitrogens is 2. The molecule has 1 saturated heterocycles. The minimum Gasteiger partial charge on any atom is -0.481 e. The third kappa shape index (κ3) is 4.13. The Balaban J connectivity index is 1.57. The van der Waals surface area contributed by atoms with Crippen molar-refractivity contribution in [2.75, 3.05) is 6.61 Å². The SMILES string of the molecule is Cc1cc(-c2ccc(C(=O)[C@@H]3CCCC[C@H]3C(=O)O)cc2)n(C2CCCCO2)n1. The molecular weight excluding hydrogens is 368 g/mol. The maximum atomic E-state index is 13.0. The third-order valence-corrected chi connectivity index (χ3v) is 6.17. The number of benzene rings is 1. The molecule has 1 saturated carbocycles. The van der Waals surface area contributed by atoms with Crippen molar-refractivity contribution < 1.29 is 19.4 Å². The Bertz CT molecular complexity index is 881. The number of aryl methyl sites for hydroxylation is 1. The molecule has 0 bridgehead atoms. The lowest BCUT2D eigenvalue weighted by atomic mass is 9.75. The van der Waals surface area contributed by atoms with Gasteiger partial charge in [-0.3, -0.25) is 9.59 Å². The first-order valence-corrected chi connectivity index (χ1v) is 10.6. The Morgan fingerprint density at radius 2 is 1.72 bits per heavy atom. The predicted molar refractivity (Wildman–Crippen MR) is 109 cm³/mol. The Hall–Kier alpha value is -2.47. The van der Waals surface area contributed by atoms with E-state index in [2.05, 4.69) is 5.10 Å². The van der Waals surface area contributed by atoms with Crippen molar-refractivity contribution in [3.63, 3.8) is 0 Å². The van der Waals surface area contributed by atoms with E-state index in [0.717, 1.165) is 55.7 Å². The lowest BCUT2D eigenvalue weighted by Gasteiger charge is -2.27. The highest BCUT2D eigenvalue weighted by atomic mass is 16.5. The van der Waals surface area contributed by atoms with E-state index in [1.807, 2.05) is 41.9 Å². The molecule has 2 heterocycles. The first-order chi connectivity index (χ1) is 14.0. The third-order valence-electron chi connectivity index (χ3n) is 6.17. The van der Waals surface area contributed by atoms with Gasteiger partial charge in [0.1, 0.15) is 0 Å². The van der Waals surface area contributed by atoms with E-state index >= 15 is 0 Å². The van der Waals surface area contributed by atoms with Crippen LogP contribution in [0.3, 0.4) is 0 Å². The number of carboxylic acid groups (broad SMARTS) is 1. The summed E-state index contributed by atoms with van der Waals surface area (Å²) in [6, 6.07) is 9.54. The van der Waals surface area contributed by atoms with Crippen LogP contribution in [0.5, 0.6) is 0 Å². The fourth-order valence-corrected chi connectivity index (χ4v) is 4.63. The van der Waals surface area contributed by atoms with E-state index in [0.29, 0.717) is 18.4 Å². The number of hydrogen-bond donors (Lipinski definition) is 1. The van der Waals surface area contributed by atoms with Gasteiger partial charge in [-0.1, -0.05) is 37.1 Å². The average molecular weight is 396 g/mol. The van der Waals surface area contributed by atoms with Crippen LogP contribution in [0.25, 0.3) is 11.3 Å². The van der Waals surface area contributed by atoms with E-state index in [9.17, 15) is 14.7 Å². The molecule has 0 spiro atoms. The molecule has 3 atom stereocenters. The molecule has 2 fully saturated rings. The highest BCUT2D eigenvalue weighted by Crippen LogP contribution is 2.34. The van der Waals surface area contributed by atoms with E-state index in [1.165, 1.54) is 0 Å². The van der Waals surface area contributed by atoms with Crippen LogP contribution in [-0.2, 0) is 9.53 Å². The van der Waals surface area contributed by atoms with E-state index in [1.54, 1.807) is 0 Å². The Morgan fingerprint density at radius 3 is 2.38 bits per heavy atom. The fraction of sp³-hybridized carbons (Fsp3) is 0.522. The maximum Gasteiger partial charge on any atom is 0.307 e. The molecule has 1 unspecified atom stereocenters. The van der Waals surface area contributed by atoms with Crippen LogP contribution < -0.4 is 0 Å². The van der Waals surface area contributed by atoms with Gasteiger partial charge in [0.15, 0.2) is 12.0 Å². The van der Waals surface area contributed by atoms with Gasteiger partial charge in [-0.25, -0.2) is 4.68 Å². The van der Waals surface area contributed by atoms with Gasteiger partial charge >= 0.3 is 5.97 Å². The molecule has 2 aliphatic rings. The number of ether oxygens (including phenoxy) is 1. The van der Waals surface area contributed by atoms with E-state index in [4.69, 9.17) is 4.74 Å². The number of Topliss-reactive ketones (excluding diaryl/α,β-unsaturated/α-hetero) is 1. The second-order valence-electron chi connectivity index (χ2n) is 8.21. The standard InChI is InChI=1S/C23H28N2O4/c1-15-14-20(25(24-15)21-8-4-5-13-29-21)16-9-11-17(12-10-16)22(26)18-6-2-3-7-19(18)23(27)28/h9-12,14,18-19,21H,2-8,13H2,1H3,(H,27,28)/t18-,19-,21?/m1/s1. The van der Waals surface area contributed by atoms with Crippen LogP contribution in [0.2, 0.25) is 0 Å². The number of carbonyl (C=O) groups is 2. The normalized spacial score (nSPS) is 24.9. The summed E-state index contributed by atoms with van der Waals surface area (Å²) in [5.74, 6) is -1.89. The zero-order valence-corrected chi connectivity index (χ0v) is 16.8. The van der Waals surface area contributed by atoms with Crippen molar-refractivity contribution >= 4 is 11.8 Å². The summed E-state index contributed by atoms with van der Waals surface area (Å²) < 4.78 is 7.86. The smallest absolute Gasteiger partial charge is 0.307 e. The van der Waals surface area contributed by atoms with Gasteiger partial charge in [-0.05, 0) is 50.7 Å². The highest BCUT2D eigenvalue weighted by molar-refractivity contribution is 6.00. The fourth-order valence-electron chi connectivity index (χ4n) is 4.63. The number of carbonyl (C=O) groups excluding carboxylic acids is 1. The van der Waals surface area contributed by atoms with Crippen molar-refractivity contribution in [1.82, 2.24) is 9.78 Å². The van der Waals surface area contributed by atoms with Gasteiger partial charge in [0.05, 0.1) is 17.3 Å². The molecule has 1 aliphatic carbocycles. The van der Waals surface area contributed by atoms with Gasteiger partial charge in [0, 0.05) is 18.1 Å². The molecule has 1 aliphatic heterocycles. The molecular formula is C23H28N2O4. The zero-order valence-electron chi connectivity index (χ0n) is 16.8. The monoisotopic (exact) mass is 396 g/mol. The van der Waals surface area contributed by atoms with Crippen LogP contribution in [0, 0.1) is 18.8 Å². The first-order valence-electron chi connectivity index (χ1n) is 10.6. The Labute approximate surface area is 170 Å². The van der Waals surface area contributed by atoms with Gasteiger partial charge < -0.3 is 9.84 Å². The van der Waals surface area contributed by atoms with Crippen molar-refractivity contribution in [3.8, 4) is 11.3 Å². The molecule has 6 heteroatoms. The molecule has 29 heavy (non-hydrogen) atoms. The van der Waals surface area contributed by atoms with Crippen LogP contribution in [-0.4, -0.2) is 33.2 Å².